The zero-order chi connectivity index (χ0) is 25.9. The Labute approximate surface area is 211 Å². The number of benzene rings is 3. The van der Waals surface area contributed by atoms with E-state index < -0.39 is 26.0 Å². The van der Waals surface area contributed by atoms with Gasteiger partial charge in [0, 0.05) is 31.4 Å². The highest BCUT2D eigenvalue weighted by atomic mass is 32.2. The molecule has 190 valence electrons. The minimum Gasteiger partial charge on any atom is -0.379 e. The number of carbonyl (C=O) groups is 1. The van der Waals surface area contributed by atoms with E-state index >= 15 is 0 Å². The number of aryl methyl sites for hydroxylation is 1. The maximum absolute atomic E-state index is 13.1. The molecule has 1 aliphatic rings. The molecule has 9 nitrogen and oxygen atoms in total. The Kier molecular flexibility index (Phi) is 7.46. The molecule has 1 N–H and O–H groups in total. The highest BCUT2D eigenvalue weighted by Crippen LogP contribution is 2.25. The van der Waals surface area contributed by atoms with Crippen LogP contribution in [0.2, 0.25) is 0 Å². The van der Waals surface area contributed by atoms with Gasteiger partial charge < -0.3 is 10.1 Å². The second kappa shape index (κ2) is 10.4. The standard InChI is InChI=1S/C25H27N3O6S2/c1-19-8-11-21(18-24(19)36(32,33)28-14-16-34-17-15-28)26-25(29)20-9-12-23(13-10-20)35(30,31)27(2)22-6-4-3-5-7-22/h3-13,18H,14-17H2,1-2H3,(H,26,29). The molecule has 1 amide bonds. The van der Waals surface area contributed by atoms with Crippen molar-refractivity contribution in [1.82, 2.24) is 4.31 Å². The van der Waals surface area contributed by atoms with Gasteiger partial charge in [0.25, 0.3) is 15.9 Å². The molecule has 3 aromatic carbocycles. The van der Waals surface area contributed by atoms with Gasteiger partial charge in [-0.05, 0) is 61.0 Å². The summed E-state index contributed by atoms with van der Waals surface area (Å²) in [4.78, 5) is 13.0. The number of sulfonamides is 2. The number of nitrogens with zero attached hydrogens (tertiary/aromatic N) is 2. The molecular weight excluding hydrogens is 502 g/mol. The summed E-state index contributed by atoms with van der Waals surface area (Å²) in [6.45, 7) is 2.91. The Morgan fingerprint density at radius 2 is 1.56 bits per heavy atom. The summed E-state index contributed by atoms with van der Waals surface area (Å²) in [6, 6.07) is 18.9. The number of para-hydroxylation sites is 1. The fourth-order valence-electron chi connectivity index (χ4n) is 3.80. The summed E-state index contributed by atoms with van der Waals surface area (Å²) in [6.07, 6.45) is 0. The molecule has 11 heteroatoms. The lowest BCUT2D eigenvalue weighted by atomic mass is 10.2. The Balaban J connectivity index is 1.52. The molecule has 0 saturated carbocycles. The first kappa shape index (κ1) is 25.8. The van der Waals surface area contributed by atoms with Gasteiger partial charge in [-0.25, -0.2) is 16.8 Å². The fourth-order valence-corrected chi connectivity index (χ4v) is 6.65. The second-order valence-corrected chi connectivity index (χ2v) is 12.2. The summed E-state index contributed by atoms with van der Waals surface area (Å²) >= 11 is 0. The van der Waals surface area contributed by atoms with Gasteiger partial charge in [0.1, 0.15) is 0 Å². The van der Waals surface area contributed by atoms with Crippen LogP contribution < -0.4 is 9.62 Å². The first-order valence-electron chi connectivity index (χ1n) is 11.2. The van der Waals surface area contributed by atoms with Gasteiger partial charge in [0.15, 0.2) is 0 Å². The number of amides is 1. The molecule has 0 radical (unpaired) electrons. The van der Waals surface area contributed by atoms with Gasteiger partial charge in [-0.3, -0.25) is 9.10 Å². The lowest BCUT2D eigenvalue weighted by molar-refractivity contribution is 0.0730. The third kappa shape index (κ3) is 5.29. The average molecular weight is 530 g/mol. The van der Waals surface area contributed by atoms with Gasteiger partial charge in [-0.15, -0.1) is 0 Å². The summed E-state index contributed by atoms with van der Waals surface area (Å²) < 4.78 is 59.9. The van der Waals surface area contributed by atoms with Crippen LogP contribution in [0.25, 0.3) is 0 Å². The SMILES string of the molecule is Cc1ccc(NC(=O)c2ccc(S(=O)(=O)N(C)c3ccccc3)cc2)cc1S(=O)(=O)N1CCOCC1. The third-order valence-corrected chi connectivity index (χ3v) is 9.77. The van der Waals surface area contributed by atoms with E-state index in [-0.39, 0.29) is 28.4 Å². The predicted octanol–water partition coefficient (Wildman–Crippen LogP) is 3.09. The molecule has 0 aromatic heterocycles. The van der Waals surface area contributed by atoms with Crippen LogP contribution in [0.5, 0.6) is 0 Å². The summed E-state index contributed by atoms with van der Waals surface area (Å²) in [5.74, 6) is -0.492. The smallest absolute Gasteiger partial charge is 0.264 e. The van der Waals surface area contributed by atoms with Crippen LogP contribution in [-0.4, -0.2) is 60.4 Å². The summed E-state index contributed by atoms with van der Waals surface area (Å²) in [5, 5.41) is 2.70. The van der Waals surface area contributed by atoms with E-state index in [1.54, 1.807) is 49.4 Å². The quantitative estimate of drug-likeness (QED) is 0.503. The molecule has 1 heterocycles. The van der Waals surface area contributed by atoms with E-state index in [1.807, 2.05) is 0 Å². The lowest BCUT2D eigenvalue weighted by Crippen LogP contribution is -2.40. The van der Waals surface area contributed by atoms with Crippen molar-refractivity contribution in [3.63, 3.8) is 0 Å². The fraction of sp³-hybridized carbons (Fsp3) is 0.240. The second-order valence-electron chi connectivity index (χ2n) is 8.28. The molecular formula is C25H27N3O6S2. The number of hydrogen-bond acceptors (Lipinski definition) is 6. The predicted molar refractivity (Wildman–Crippen MR) is 137 cm³/mol. The van der Waals surface area contributed by atoms with Gasteiger partial charge in [0.05, 0.1) is 28.7 Å². The number of rotatable bonds is 7. The number of hydrogen-bond donors (Lipinski definition) is 1. The molecule has 0 unspecified atom stereocenters. The van der Waals surface area contributed by atoms with E-state index in [2.05, 4.69) is 5.32 Å². The Bertz CT molecular complexity index is 1450. The zero-order valence-corrected chi connectivity index (χ0v) is 21.6. The minimum atomic E-state index is -3.81. The van der Waals surface area contributed by atoms with Gasteiger partial charge in [0.2, 0.25) is 10.0 Å². The van der Waals surface area contributed by atoms with E-state index in [0.717, 1.165) is 0 Å². The Morgan fingerprint density at radius 3 is 2.19 bits per heavy atom. The molecule has 3 aromatic rings. The van der Waals surface area contributed by atoms with Crippen molar-refractivity contribution in [3.05, 3.63) is 83.9 Å². The lowest BCUT2D eigenvalue weighted by Gasteiger charge is -2.26. The van der Waals surface area contributed by atoms with E-state index in [9.17, 15) is 21.6 Å². The van der Waals surface area contributed by atoms with Crippen molar-refractivity contribution in [2.24, 2.45) is 0 Å². The molecule has 4 rings (SSSR count). The topological polar surface area (TPSA) is 113 Å². The zero-order valence-electron chi connectivity index (χ0n) is 19.9. The van der Waals surface area contributed by atoms with Crippen molar-refractivity contribution in [1.29, 1.82) is 0 Å². The number of anilines is 2. The van der Waals surface area contributed by atoms with Crippen molar-refractivity contribution in [2.75, 3.05) is 43.0 Å². The van der Waals surface area contributed by atoms with Crippen molar-refractivity contribution < 1.29 is 26.4 Å². The molecule has 36 heavy (non-hydrogen) atoms. The van der Waals surface area contributed by atoms with Crippen LogP contribution in [0.4, 0.5) is 11.4 Å². The molecule has 0 spiro atoms. The van der Waals surface area contributed by atoms with Gasteiger partial charge in [-0.2, -0.15) is 4.31 Å². The Morgan fingerprint density at radius 1 is 0.917 bits per heavy atom. The first-order chi connectivity index (χ1) is 17.1. The van der Waals surface area contributed by atoms with Crippen LogP contribution in [-0.2, 0) is 24.8 Å². The van der Waals surface area contributed by atoms with Crippen LogP contribution in [0.3, 0.4) is 0 Å². The minimum absolute atomic E-state index is 0.0413. The Hall–Kier alpha value is -3.25. The number of ether oxygens (including phenoxy) is 1. The van der Waals surface area contributed by atoms with E-state index in [1.165, 1.54) is 46.0 Å². The van der Waals surface area contributed by atoms with Crippen LogP contribution in [0.15, 0.2) is 82.6 Å². The molecule has 1 saturated heterocycles. The third-order valence-electron chi connectivity index (χ3n) is 5.93. The number of carbonyl (C=O) groups excluding carboxylic acids is 1. The van der Waals surface area contributed by atoms with Crippen LogP contribution in [0.1, 0.15) is 15.9 Å². The highest BCUT2D eigenvalue weighted by molar-refractivity contribution is 7.92. The van der Waals surface area contributed by atoms with Crippen molar-refractivity contribution in [2.45, 2.75) is 16.7 Å². The number of morpholine rings is 1. The highest BCUT2D eigenvalue weighted by Gasteiger charge is 2.28. The monoisotopic (exact) mass is 529 g/mol. The molecule has 0 atom stereocenters. The van der Waals surface area contributed by atoms with Crippen LogP contribution in [0, 0.1) is 6.92 Å². The van der Waals surface area contributed by atoms with E-state index in [4.69, 9.17) is 4.74 Å². The first-order valence-corrected chi connectivity index (χ1v) is 14.1. The van der Waals surface area contributed by atoms with E-state index in [0.29, 0.717) is 30.2 Å². The van der Waals surface area contributed by atoms with Crippen molar-refractivity contribution >= 4 is 37.3 Å². The molecule has 0 aliphatic carbocycles. The summed E-state index contributed by atoms with van der Waals surface area (Å²) in [7, 11) is -6.08. The molecule has 1 aliphatic heterocycles. The largest absolute Gasteiger partial charge is 0.379 e. The average Bonchev–Trinajstić information content (AvgIpc) is 2.90. The maximum atomic E-state index is 13.1. The molecule has 0 bridgehead atoms. The summed E-state index contributed by atoms with van der Waals surface area (Å²) in [5.41, 5.74) is 1.63. The normalized spacial score (nSPS) is 14.8. The number of nitrogens with one attached hydrogen (secondary N) is 1. The van der Waals surface area contributed by atoms with Crippen molar-refractivity contribution in [3.8, 4) is 0 Å². The van der Waals surface area contributed by atoms with Gasteiger partial charge >= 0.3 is 0 Å². The molecule has 1 fully saturated rings. The maximum Gasteiger partial charge on any atom is 0.264 e. The van der Waals surface area contributed by atoms with Gasteiger partial charge in [-0.1, -0.05) is 24.3 Å². The van der Waals surface area contributed by atoms with Crippen LogP contribution >= 0.6 is 0 Å².